The van der Waals surface area contributed by atoms with Gasteiger partial charge in [-0.3, -0.25) is 4.90 Å². The summed E-state index contributed by atoms with van der Waals surface area (Å²) in [6.07, 6.45) is 1.01. The van der Waals surface area contributed by atoms with Crippen molar-refractivity contribution in [3.8, 4) is 0 Å². The molecule has 2 nitrogen and oxygen atoms in total. The SMILES string of the molecule is CCC(C)(C)N(C)C(CN)c1cc(F)ccc1Br. The monoisotopic (exact) mass is 316 g/mol. The predicted molar refractivity (Wildman–Crippen MR) is 78.0 cm³/mol. The molecular weight excluding hydrogens is 295 g/mol. The van der Waals surface area contributed by atoms with E-state index < -0.39 is 0 Å². The average molecular weight is 317 g/mol. The van der Waals surface area contributed by atoms with E-state index in [4.69, 9.17) is 5.73 Å². The minimum absolute atomic E-state index is 0.00465. The molecule has 1 unspecified atom stereocenters. The summed E-state index contributed by atoms with van der Waals surface area (Å²) >= 11 is 3.48. The maximum Gasteiger partial charge on any atom is 0.123 e. The molecule has 0 aromatic heterocycles. The Morgan fingerprint density at radius 3 is 2.56 bits per heavy atom. The lowest BCUT2D eigenvalue weighted by Gasteiger charge is -2.41. The number of rotatable bonds is 5. The largest absolute Gasteiger partial charge is 0.329 e. The molecule has 18 heavy (non-hydrogen) atoms. The Kier molecular flexibility index (Phi) is 5.32. The van der Waals surface area contributed by atoms with E-state index in [0.717, 1.165) is 16.5 Å². The molecule has 1 aromatic carbocycles. The molecule has 0 fully saturated rings. The molecule has 102 valence electrons. The Hall–Kier alpha value is -0.450. The lowest BCUT2D eigenvalue weighted by molar-refractivity contribution is 0.1000. The first-order valence-electron chi connectivity index (χ1n) is 6.21. The highest BCUT2D eigenvalue weighted by Crippen LogP contribution is 2.32. The number of hydrogen-bond donors (Lipinski definition) is 1. The van der Waals surface area contributed by atoms with Crippen molar-refractivity contribution >= 4 is 15.9 Å². The van der Waals surface area contributed by atoms with Gasteiger partial charge in [0.15, 0.2) is 0 Å². The van der Waals surface area contributed by atoms with Crippen molar-refractivity contribution in [2.45, 2.75) is 38.8 Å². The van der Waals surface area contributed by atoms with Crippen LogP contribution in [0.15, 0.2) is 22.7 Å². The van der Waals surface area contributed by atoms with Gasteiger partial charge in [0.05, 0.1) is 0 Å². The molecule has 0 saturated heterocycles. The van der Waals surface area contributed by atoms with Crippen LogP contribution in [0.1, 0.15) is 38.8 Å². The number of halogens is 2. The maximum absolute atomic E-state index is 13.4. The van der Waals surface area contributed by atoms with Gasteiger partial charge in [-0.15, -0.1) is 0 Å². The van der Waals surface area contributed by atoms with Crippen molar-refractivity contribution in [1.29, 1.82) is 0 Å². The molecule has 0 radical (unpaired) electrons. The van der Waals surface area contributed by atoms with Crippen LogP contribution in [0.3, 0.4) is 0 Å². The van der Waals surface area contributed by atoms with Gasteiger partial charge in [-0.25, -0.2) is 4.39 Å². The van der Waals surface area contributed by atoms with Gasteiger partial charge in [0, 0.05) is 22.6 Å². The minimum Gasteiger partial charge on any atom is -0.329 e. The Balaban J connectivity index is 3.13. The van der Waals surface area contributed by atoms with Crippen molar-refractivity contribution < 1.29 is 4.39 Å². The molecule has 0 heterocycles. The number of nitrogens with two attached hydrogens (primary N) is 1. The van der Waals surface area contributed by atoms with Crippen molar-refractivity contribution in [3.63, 3.8) is 0 Å². The Morgan fingerprint density at radius 2 is 2.06 bits per heavy atom. The maximum atomic E-state index is 13.4. The van der Waals surface area contributed by atoms with Gasteiger partial charge < -0.3 is 5.73 Å². The van der Waals surface area contributed by atoms with Crippen molar-refractivity contribution in [2.75, 3.05) is 13.6 Å². The third-order valence-electron chi connectivity index (χ3n) is 3.83. The summed E-state index contributed by atoms with van der Waals surface area (Å²) < 4.78 is 14.3. The molecule has 0 amide bonds. The summed E-state index contributed by atoms with van der Waals surface area (Å²) in [6, 6.07) is 4.75. The predicted octanol–water partition coefficient (Wildman–Crippen LogP) is 3.71. The zero-order chi connectivity index (χ0) is 13.9. The van der Waals surface area contributed by atoms with E-state index in [2.05, 4.69) is 41.6 Å². The molecule has 0 aliphatic carbocycles. The highest BCUT2D eigenvalue weighted by atomic mass is 79.9. The lowest BCUT2D eigenvalue weighted by atomic mass is 9.95. The third kappa shape index (κ3) is 3.31. The van der Waals surface area contributed by atoms with Crippen LogP contribution in [0, 0.1) is 5.82 Å². The first-order chi connectivity index (χ1) is 8.33. The van der Waals surface area contributed by atoms with Crippen LogP contribution < -0.4 is 5.73 Å². The van der Waals surface area contributed by atoms with Crippen LogP contribution in [0.25, 0.3) is 0 Å². The molecule has 0 spiro atoms. The van der Waals surface area contributed by atoms with Crippen LogP contribution in [0.2, 0.25) is 0 Å². The fourth-order valence-corrected chi connectivity index (χ4v) is 2.45. The van der Waals surface area contributed by atoms with Crippen LogP contribution in [0.4, 0.5) is 4.39 Å². The molecule has 0 aliphatic rings. The summed E-state index contributed by atoms with van der Waals surface area (Å²) in [5.74, 6) is -0.227. The molecule has 1 atom stereocenters. The second-order valence-electron chi connectivity index (χ2n) is 5.19. The summed E-state index contributed by atoms with van der Waals surface area (Å²) in [4.78, 5) is 2.21. The first kappa shape index (κ1) is 15.6. The number of benzene rings is 1. The average Bonchev–Trinajstić information content (AvgIpc) is 2.34. The fraction of sp³-hybridized carbons (Fsp3) is 0.571. The summed E-state index contributed by atoms with van der Waals surface area (Å²) in [5, 5.41) is 0. The number of hydrogen-bond acceptors (Lipinski definition) is 2. The number of nitrogens with zero attached hydrogens (tertiary/aromatic N) is 1. The third-order valence-corrected chi connectivity index (χ3v) is 4.55. The van der Waals surface area contributed by atoms with Gasteiger partial charge >= 0.3 is 0 Å². The zero-order valence-corrected chi connectivity index (χ0v) is 13.1. The Bertz CT molecular complexity index is 407. The Morgan fingerprint density at radius 1 is 1.44 bits per heavy atom. The summed E-state index contributed by atoms with van der Waals surface area (Å²) in [7, 11) is 2.04. The molecule has 0 bridgehead atoms. The highest BCUT2D eigenvalue weighted by Gasteiger charge is 2.29. The molecule has 1 rings (SSSR count). The van der Waals surface area contributed by atoms with Gasteiger partial charge in [-0.05, 0) is 51.1 Å². The van der Waals surface area contributed by atoms with E-state index in [9.17, 15) is 4.39 Å². The van der Waals surface area contributed by atoms with Gasteiger partial charge in [0.2, 0.25) is 0 Å². The normalized spacial score (nSPS) is 14.0. The molecule has 4 heteroatoms. The van der Waals surface area contributed by atoms with Gasteiger partial charge in [0.25, 0.3) is 0 Å². The summed E-state index contributed by atoms with van der Waals surface area (Å²) in [6.45, 7) is 6.94. The van der Waals surface area contributed by atoms with E-state index in [1.54, 1.807) is 12.1 Å². The molecule has 0 saturated carbocycles. The van der Waals surface area contributed by atoms with Gasteiger partial charge in [-0.2, -0.15) is 0 Å². The quantitative estimate of drug-likeness (QED) is 0.897. The molecule has 1 aromatic rings. The van der Waals surface area contributed by atoms with Gasteiger partial charge in [-0.1, -0.05) is 22.9 Å². The fourth-order valence-electron chi connectivity index (χ4n) is 1.93. The second kappa shape index (κ2) is 6.13. The Labute approximate surface area is 117 Å². The first-order valence-corrected chi connectivity index (χ1v) is 7.00. The van der Waals surface area contributed by atoms with Crippen LogP contribution in [-0.4, -0.2) is 24.0 Å². The van der Waals surface area contributed by atoms with Crippen LogP contribution in [-0.2, 0) is 0 Å². The second-order valence-corrected chi connectivity index (χ2v) is 6.05. The molecule has 0 aliphatic heterocycles. The topological polar surface area (TPSA) is 29.3 Å². The van der Waals surface area contributed by atoms with Crippen LogP contribution in [0.5, 0.6) is 0 Å². The van der Waals surface area contributed by atoms with Crippen molar-refractivity contribution in [2.24, 2.45) is 5.73 Å². The lowest BCUT2D eigenvalue weighted by Crippen LogP contribution is -2.45. The van der Waals surface area contributed by atoms with E-state index in [1.807, 2.05) is 7.05 Å². The van der Waals surface area contributed by atoms with E-state index >= 15 is 0 Å². The van der Waals surface area contributed by atoms with Gasteiger partial charge in [0.1, 0.15) is 5.82 Å². The number of likely N-dealkylation sites (N-methyl/N-ethyl adjacent to an activating group) is 1. The van der Waals surface area contributed by atoms with E-state index in [1.165, 1.54) is 6.07 Å². The van der Waals surface area contributed by atoms with Crippen LogP contribution >= 0.6 is 15.9 Å². The van der Waals surface area contributed by atoms with Crippen molar-refractivity contribution in [3.05, 3.63) is 34.1 Å². The van der Waals surface area contributed by atoms with E-state index in [0.29, 0.717) is 6.54 Å². The smallest absolute Gasteiger partial charge is 0.123 e. The standard InChI is InChI=1S/C14H22BrFN2/c1-5-14(2,3)18(4)13(9-17)11-8-10(16)6-7-12(11)15/h6-8,13H,5,9,17H2,1-4H3. The van der Waals surface area contributed by atoms with E-state index in [-0.39, 0.29) is 17.4 Å². The highest BCUT2D eigenvalue weighted by molar-refractivity contribution is 9.10. The summed E-state index contributed by atoms with van der Waals surface area (Å²) in [5.41, 5.74) is 6.82. The minimum atomic E-state index is -0.227. The molecule has 2 N–H and O–H groups in total. The molecular formula is C14H22BrFN2. The van der Waals surface area contributed by atoms with Crippen molar-refractivity contribution in [1.82, 2.24) is 4.90 Å². The zero-order valence-electron chi connectivity index (χ0n) is 11.5.